The lowest BCUT2D eigenvalue weighted by Gasteiger charge is -2.35. The van der Waals surface area contributed by atoms with E-state index in [0.29, 0.717) is 24.8 Å². The fourth-order valence-electron chi connectivity index (χ4n) is 5.28. The van der Waals surface area contributed by atoms with Crippen molar-refractivity contribution in [1.29, 1.82) is 0 Å². The van der Waals surface area contributed by atoms with Crippen molar-refractivity contribution in [3.63, 3.8) is 0 Å². The molecule has 6 nitrogen and oxygen atoms in total. The van der Waals surface area contributed by atoms with Gasteiger partial charge >= 0.3 is 0 Å². The molecule has 36 heavy (non-hydrogen) atoms. The summed E-state index contributed by atoms with van der Waals surface area (Å²) in [5.41, 5.74) is 5.06. The standard InChI is InChI=1S/C30H31N3O3/c1-19(2)15-28(35)33-26-9-5-4-8-24(26)32-25-16-22(20-10-12-23(36-3)13-11-20)17-27(34)29(25)30(33)21-7-6-14-31-18-21/h4-14,18-19,22,30,32H,15-17H2,1-3H3/t22-,30+/m0/s1. The maximum Gasteiger partial charge on any atom is 0.228 e. The first kappa shape index (κ1) is 23.8. The lowest BCUT2D eigenvalue weighted by atomic mass is 9.78. The first-order valence-corrected chi connectivity index (χ1v) is 12.4. The largest absolute Gasteiger partial charge is 0.497 e. The predicted octanol–water partition coefficient (Wildman–Crippen LogP) is 6.04. The summed E-state index contributed by atoms with van der Waals surface area (Å²) in [5, 5.41) is 3.57. The van der Waals surface area contributed by atoms with Crippen LogP contribution in [-0.2, 0) is 9.59 Å². The molecule has 1 N–H and O–H groups in total. The molecule has 1 aromatic heterocycles. The van der Waals surface area contributed by atoms with E-state index in [9.17, 15) is 9.59 Å². The molecule has 0 spiro atoms. The molecule has 3 aromatic rings. The molecule has 5 rings (SSSR count). The SMILES string of the molecule is COc1ccc([C@@H]2CC(=O)C3=C(C2)Nc2ccccc2N(C(=O)CC(C)C)[C@@H]3c2cccnc2)cc1. The number of para-hydroxylation sites is 2. The number of amides is 1. The van der Waals surface area contributed by atoms with Gasteiger partial charge in [0.1, 0.15) is 5.75 Å². The Hall–Kier alpha value is -3.93. The molecule has 0 radical (unpaired) electrons. The van der Waals surface area contributed by atoms with Crippen LogP contribution in [0.2, 0.25) is 0 Å². The Morgan fingerprint density at radius 2 is 1.83 bits per heavy atom. The molecule has 1 amide bonds. The van der Waals surface area contributed by atoms with Crippen molar-refractivity contribution in [3.8, 4) is 5.75 Å². The van der Waals surface area contributed by atoms with Gasteiger partial charge in [-0.1, -0.05) is 44.2 Å². The van der Waals surface area contributed by atoms with Gasteiger partial charge < -0.3 is 10.1 Å². The van der Waals surface area contributed by atoms with Crippen molar-refractivity contribution in [3.05, 3.63) is 95.5 Å². The summed E-state index contributed by atoms with van der Waals surface area (Å²) in [7, 11) is 1.65. The monoisotopic (exact) mass is 481 g/mol. The van der Waals surface area contributed by atoms with Crippen LogP contribution in [0.1, 0.15) is 56.2 Å². The summed E-state index contributed by atoms with van der Waals surface area (Å²) < 4.78 is 5.31. The normalized spacial score (nSPS) is 19.3. The average molecular weight is 482 g/mol. The number of hydrogen-bond acceptors (Lipinski definition) is 5. The number of fused-ring (bicyclic) bond motifs is 1. The highest BCUT2D eigenvalue weighted by Crippen LogP contribution is 2.47. The Morgan fingerprint density at radius 3 is 2.53 bits per heavy atom. The van der Waals surface area contributed by atoms with E-state index in [-0.39, 0.29) is 23.5 Å². The molecule has 2 heterocycles. The minimum absolute atomic E-state index is 0.00747. The summed E-state index contributed by atoms with van der Waals surface area (Å²) in [5.74, 6) is 1.05. The number of anilines is 2. The number of pyridine rings is 1. The Kier molecular flexibility index (Phi) is 6.59. The molecule has 0 bridgehead atoms. The number of rotatable bonds is 5. The van der Waals surface area contributed by atoms with Crippen LogP contribution in [0.25, 0.3) is 0 Å². The predicted molar refractivity (Wildman–Crippen MR) is 141 cm³/mol. The van der Waals surface area contributed by atoms with E-state index in [4.69, 9.17) is 4.74 Å². The Morgan fingerprint density at radius 1 is 1.06 bits per heavy atom. The molecule has 2 aliphatic rings. The van der Waals surface area contributed by atoms with Gasteiger partial charge in [0.25, 0.3) is 0 Å². The van der Waals surface area contributed by atoms with Crippen LogP contribution in [0.3, 0.4) is 0 Å². The number of Topliss-reactive ketones (excluding diaryl/α,β-unsaturated/α-hetero) is 1. The van der Waals surface area contributed by atoms with Crippen LogP contribution in [-0.4, -0.2) is 23.8 Å². The van der Waals surface area contributed by atoms with Crippen molar-refractivity contribution in [2.45, 2.75) is 45.1 Å². The zero-order chi connectivity index (χ0) is 25.2. The van der Waals surface area contributed by atoms with Crippen molar-refractivity contribution in [2.24, 2.45) is 5.92 Å². The second kappa shape index (κ2) is 9.97. The summed E-state index contributed by atoms with van der Waals surface area (Å²) in [6.45, 7) is 4.07. The van der Waals surface area contributed by atoms with Crippen LogP contribution in [0.5, 0.6) is 5.75 Å². The molecule has 2 aromatic carbocycles. The highest BCUT2D eigenvalue weighted by molar-refractivity contribution is 6.06. The van der Waals surface area contributed by atoms with Gasteiger partial charge in [-0.2, -0.15) is 0 Å². The second-order valence-corrected chi connectivity index (χ2v) is 9.89. The molecule has 6 heteroatoms. The number of nitrogens with one attached hydrogen (secondary N) is 1. The molecular formula is C30H31N3O3. The van der Waals surface area contributed by atoms with Gasteiger partial charge in [-0.25, -0.2) is 0 Å². The zero-order valence-corrected chi connectivity index (χ0v) is 20.9. The average Bonchev–Trinajstić information content (AvgIpc) is 3.03. The van der Waals surface area contributed by atoms with Crippen LogP contribution in [0.4, 0.5) is 11.4 Å². The second-order valence-electron chi connectivity index (χ2n) is 9.89. The minimum atomic E-state index is -0.541. The van der Waals surface area contributed by atoms with Gasteiger partial charge in [-0.3, -0.25) is 19.5 Å². The molecule has 184 valence electrons. The first-order chi connectivity index (χ1) is 17.5. The molecular weight excluding hydrogens is 450 g/mol. The molecule has 0 unspecified atom stereocenters. The van der Waals surface area contributed by atoms with E-state index in [1.165, 1.54) is 0 Å². The van der Waals surface area contributed by atoms with Crippen LogP contribution >= 0.6 is 0 Å². The Balaban J connectivity index is 1.66. The van der Waals surface area contributed by atoms with Gasteiger partial charge in [-0.05, 0) is 59.7 Å². The number of carbonyl (C=O) groups excluding carboxylic acids is 2. The van der Waals surface area contributed by atoms with E-state index in [1.807, 2.05) is 79.4 Å². The number of allylic oxidation sites excluding steroid dienone is 1. The smallest absolute Gasteiger partial charge is 0.228 e. The topological polar surface area (TPSA) is 71.5 Å². The maximum absolute atomic E-state index is 13.9. The fourth-order valence-corrected chi connectivity index (χ4v) is 5.28. The van der Waals surface area contributed by atoms with Crippen LogP contribution in [0.15, 0.2) is 84.3 Å². The lowest BCUT2D eigenvalue weighted by Crippen LogP contribution is -2.39. The van der Waals surface area contributed by atoms with Crippen LogP contribution < -0.4 is 15.0 Å². The number of hydrogen-bond donors (Lipinski definition) is 1. The molecule has 2 atom stereocenters. The highest BCUT2D eigenvalue weighted by atomic mass is 16.5. The van der Waals surface area contributed by atoms with E-state index in [1.54, 1.807) is 19.5 Å². The third kappa shape index (κ3) is 4.51. The van der Waals surface area contributed by atoms with E-state index < -0.39 is 6.04 Å². The van der Waals surface area contributed by atoms with Gasteiger partial charge in [0.05, 0.1) is 24.5 Å². The molecule has 0 fully saturated rings. The fraction of sp³-hybridized carbons (Fsp3) is 0.300. The molecule has 0 saturated heterocycles. The van der Waals surface area contributed by atoms with Crippen molar-refractivity contribution in [1.82, 2.24) is 4.98 Å². The number of nitrogens with zero attached hydrogens (tertiary/aromatic N) is 2. The Bertz CT molecular complexity index is 1300. The van der Waals surface area contributed by atoms with Crippen molar-refractivity contribution in [2.75, 3.05) is 17.3 Å². The zero-order valence-electron chi connectivity index (χ0n) is 20.9. The highest BCUT2D eigenvalue weighted by Gasteiger charge is 2.41. The number of ketones is 1. The summed E-state index contributed by atoms with van der Waals surface area (Å²) in [6.07, 6.45) is 4.92. The van der Waals surface area contributed by atoms with Gasteiger partial charge in [0.15, 0.2) is 5.78 Å². The maximum atomic E-state index is 13.9. The third-order valence-corrected chi connectivity index (χ3v) is 6.93. The lowest BCUT2D eigenvalue weighted by molar-refractivity contribution is -0.119. The summed E-state index contributed by atoms with van der Waals surface area (Å²) in [4.78, 5) is 33.9. The van der Waals surface area contributed by atoms with Gasteiger partial charge in [0, 0.05) is 36.5 Å². The molecule has 0 saturated carbocycles. The number of benzene rings is 2. The van der Waals surface area contributed by atoms with E-state index >= 15 is 0 Å². The number of aromatic nitrogens is 1. The Labute approximate surface area is 212 Å². The third-order valence-electron chi connectivity index (χ3n) is 6.93. The quantitative estimate of drug-likeness (QED) is 0.481. The van der Waals surface area contributed by atoms with Crippen LogP contribution in [0, 0.1) is 5.92 Å². The minimum Gasteiger partial charge on any atom is -0.497 e. The first-order valence-electron chi connectivity index (χ1n) is 12.4. The molecule has 1 aliphatic carbocycles. The van der Waals surface area contributed by atoms with Crippen molar-refractivity contribution >= 4 is 23.1 Å². The van der Waals surface area contributed by atoms with E-state index in [2.05, 4.69) is 10.3 Å². The van der Waals surface area contributed by atoms with Gasteiger partial charge in [-0.15, -0.1) is 0 Å². The molecule has 1 aliphatic heterocycles. The van der Waals surface area contributed by atoms with E-state index in [0.717, 1.165) is 33.9 Å². The van der Waals surface area contributed by atoms with Gasteiger partial charge in [0.2, 0.25) is 5.91 Å². The summed E-state index contributed by atoms with van der Waals surface area (Å²) >= 11 is 0. The summed E-state index contributed by atoms with van der Waals surface area (Å²) in [6, 6.07) is 19.0. The number of methoxy groups -OCH3 is 1. The van der Waals surface area contributed by atoms with Crippen molar-refractivity contribution < 1.29 is 14.3 Å². The number of ether oxygens (including phenoxy) is 1. The number of carbonyl (C=O) groups is 2.